The Morgan fingerprint density at radius 2 is 1.80 bits per heavy atom. The van der Waals surface area contributed by atoms with Crippen LogP contribution >= 0.6 is 11.3 Å². The van der Waals surface area contributed by atoms with Gasteiger partial charge in [0.2, 0.25) is 5.13 Å². The maximum absolute atomic E-state index is 12.1. The van der Waals surface area contributed by atoms with Crippen LogP contribution in [0.1, 0.15) is 18.4 Å². The van der Waals surface area contributed by atoms with E-state index in [-0.39, 0.29) is 6.03 Å². The summed E-state index contributed by atoms with van der Waals surface area (Å²) in [6.45, 7) is 0. The van der Waals surface area contributed by atoms with E-state index >= 15 is 0 Å². The van der Waals surface area contributed by atoms with Crippen molar-refractivity contribution in [3.05, 3.63) is 54.4 Å². The number of urea groups is 1. The Morgan fingerprint density at radius 1 is 1.04 bits per heavy atom. The molecule has 2 amide bonds. The first-order valence-electron chi connectivity index (χ1n) is 8.17. The molecule has 2 N–H and O–H groups in total. The molecule has 0 aliphatic heterocycles. The monoisotopic (exact) mass is 351 g/mol. The number of hydrogen-bond acceptors (Lipinski definition) is 5. The number of anilines is 2. The van der Waals surface area contributed by atoms with Crippen LogP contribution in [0.3, 0.4) is 0 Å². The summed E-state index contributed by atoms with van der Waals surface area (Å²) >= 11 is 1.32. The van der Waals surface area contributed by atoms with Gasteiger partial charge >= 0.3 is 6.03 Å². The molecule has 126 valence electrons. The molecular weight excluding hydrogens is 334 g/mol. The van der Waals surface area contributed by atoms with Crippen LogP contribution in [0.25, 0.3) is 10.6 Å². The maximum atomic E-state index is 12.1. The van der Waals surface area contributed by atoms with Crippen molar-refractivity contribution in [2.24, 2.45) is 5.92 Å². The van der Waals surface area contributed by atoms with E-state index in [0.717, 1.165) is 28.6 Å². The molecule has 3 aromatic rings. The van der Waals surface area contributed by atoms with E-state index in [1.54, 1.807) is 12.4 Å². The topological polar surface area (TPSA) is 79.8 Å². The number of pyridine rings is 1. The predicted octanol–water partition coefficient (Wildman–Crippen LogP) is 4.20. The highest BCUT2D eigenvalue weighted by Gasteiger charge is 2.21. The van der Waals surface area contributed by atoms with Gasteiger partial charge in [-0.2, -0.15) is 0 Å². The number of amides is 2. The summed E-state index contributed by atoms with van der Waals surface area (Å²) in [6.07, 6.45) is 7.21. The first-order valence-corrected chi connectivity index (χ1v) is 8.99. The third kappa shape index (κ3) is 4.19. The van der Waals surface area contributed by atoms with Gasteiger partial charge < -0.3 is 5.32 Å². The molecule has 4 rings (SSSR count). The van der Waals surface area contributed by atoms with Gasteiger partial charge in [-0.15, -0.1) is 10.2 Å². The van der Waals surface area contributed by atoms with Gasteiger partial charge in [-0.3, -0.25) is 10.3 Å². The quantitative estimate of drug-likeness (QED) is 0.722. The van der Waals surface area contributed by atoms with Gasteiger partial charge in [0.15, 0.2) is 0 Å². The van der Waals surface area contributed by atoms with Gasteiger partial charge in [0.25, 0.3) is 0 Å². The number of carbonyl (C=O) groups is 1. The molecule has 1 aliphatic rings. The Labute approximate surface area is 149 Å². The zero-order valence-electron chi connectivity index (χ0n) is 13.5. The highest BCUT2D eigenvalue weighted by atomic mass is 32.1. The van der Waals surface area contributed by atoms with Crippen molar-refractivity contribution in [3.63, 3.8) is 0 Å². The van der Waals surface area contributed by atoms with Crippen LogP contribution in [0, 0.1) is 5.92 Å². The predicted molar refractivity (Wildman–Crippen MR) is 98.7 cm³/mol. The summed E-state index contributed by atoms with van der Waals surface area (Å²) in [5.41, 5.74) is 3.00. The van der Waals surface area contributed by atoms with E-state index in [0.29, 0.717) is 5.13 Å². The molecule has 2 aromatic heterocycles. The molecule has 0 spiro atoms. The highest BCUT2D eigenvalue weighted by Crippen LogP contribution is 2.32. The molecule has 1 aliphatic carbocycles. The molecule has 0 atom stereocenters. The van der Waals surface area contributed by atoms with Gasteiger partial charge in [-0.25, -0.2) is 4.79 Å². The molecule has 1 saturated carbocycles. The molecule has 0 saturated heterocycles. The molecule has 0 bridgehead atoms. The Morgan fingerprint density at radius 3 is 2.52 bits per heavy atom. The Hall–Kier alpha value is -2.80. The van der Waals surface area contributed by atoms with Crippen LogP contribution in [0.2, 0.25) is 0 Å². The van der Waals surface area contributed by atoms with Crippen molar-refractivity contribution in [1.82, 2.24) is 15.2 Å². The molecule has 0 radical (unpaired) electrons. The molecule has 1 aromatic carbocycles. The minimum Gasteiger partial charge on any atom is -0.308 e. The van der Waals surface area contributed by atoms with Crippen LogP contribution in [-0.4, -0.2) is 21.2 Å². The summed E-state index contributed by atoms with van der Waals surface area (Å²) < 4.78 is 0. The van der Waals surface area contributed by atoms with E-state index in [9.17, 15) is 4.79 Å². The normalized spacial score (nSPS) is 13.4. The van der Waals surface area contributed by atoms with Crippen LogP contribution in [0.15, 0.2) is 48.8 Å². The second kappa shape index (κ2) is 6.98. The van der Waals surface area contributed by atoms with Gasteiger partial charge in [0.1, 0.15) is 5.01 Å². The van der Waals surface area contributed by atoms with Gasteiger partial charge in [-0.1, -0.05) is 23.5 Å². The lowest BCUT2D eigenvalue weighted by Gasteiger charge is -2.06. The van der Waals surface area contributed by atoms with E-state index in [4.69, 9.17) is 0 Å². The molecule has 6 nitrogen and oxygen atoms in total. The Balaban J connectivity index is 1.35. The SMILES string of the molecule is O=C(Nc1ccc(CC2CC2)cc1)Nc1nnc(-c2ccncc2)s1. The number of hydrogen-bond donors (Lipinski definition) is 2. The lowest BCUT2D eigenvalue weighted by atomic mass is 10.1. The molecule has 0 unspecified atom stereocenters. The average Bonchev–Trinajstić information content (AvgIpc) is 3.33. The highest BCUT2D eigenvalue weighted by molar-refractivity contribution is 7.18. The minimum absolute atomic E-state index is 0.327. The summed E-state index contributed by atoms with van der Waals surface area (Å²) in [5, 5.41) is 14.8. The molecule has 2 heterocycles. The van der Waals surface area contributed by atoms with Crippen LogP contribution < -0.4 is 10.6 Å². The second-order valence-corrected chi connectivity index (χ2v) is 7.05. The van der Waals surface area contributed by atoms with Crippen LogP contribution in [0.4, 0.5) is 15.6 Å². The number of benzene rings is 1. The van der Waals surface area contributed by atoms with Crippen molar-refractivity contribution in [2.75, 3.05) is 10.6 Å². The molecular formula is C18H17N5OS. The number of nitrogens with one attached hydrogen (secondary N) is 2. The summed E-state index contributed by atoms with van der Waals surface area (Å²) in [7, 11) is 0. The van der Waals surface area contributed by atoms with Gasteiger partial charge in [-0.05, 0) is 55.0 Å². The smallest absolute Gasteiger partial charge is 0.308 e. The first-order chi connectivity index (χ1) is 12.3. The third-order valence-corrected chi connectivity index (χ3v) is 4.89. The van der Waals surface area contributed by atoms with Crippen molar-refractivity contribution >= 4 is 28.2 Å². The number of nitrogens with zero attached hydrogens (tertiary/aromatic N) is 3. The van der Waals surface area contributed by atoms with Crippen LogP contribution in [-0.2, 0) is 6.42 Å². The van der Waals surface area contributed by atoms with Crippen molar-refractivity contribution in [1.29, 1.82) is 0 Å². The standard InChI is InChI=1S/C18H17N5OS/c24-17(20-15-5-3-13(4-6-15)11-12-1-2-12)21-18-23-22-16(25-18)14-7-9-19-10-8-14/h3-10,12H,1-2,11H2,(H2,20,21,23,24). The van der Waals surface area contributed by atoms with Crippen molar-refractivity contribution in [3.8, 4) is 10.6 Å². The fourth-order valence-corrected chi connectivity index (χ4v) is 3.27. The fourth-order valence-electron chi connectivity index (χ4n) is 2.52. The summed E-state index contributed by atoms with van der Waals surface area (Å²) in [4.78, 5) is 16.1. The summed E-state index contributed by atoms with van der Waals surface area (Å²) in [6, 6.07) is 11.4. The fraction of sp³-hybridized carbons (Fsp3) is 0.222. The summed E-state index contributed by atoms with van der Waals surface area (Å²) in [5.74, 6) is 0.856. The number of rotatable bonds is 5. The number of aromatic nitrogens is 3. The lowest BCUT2D eigenvalue weighted by molar-refractivity contribution is 0.262. The maximum Gasteiger partial charge on any atom is 0.325 e. The Bertz CT molecular complexity index is 859. The average molecular weight is 351 g/mol. The van der Waals surface area contributed by atoms with E-state index in [1.807, 2.05) is 24.3 Å². The first kappa shape index (κ1) is 15.7. The van der Waals surface area contributed by atoms with Crippen LogP contribution in [0.5, 0.6) is 0 Å². The third-order valence-electron chi connectivity index (χ3n) is 4.01. The lowest BCUT2D eigenvalue weighted by Crippen LogP contribution is -2.19. The number of carbonyl (C=O) groups excluding carboxylic acids is 1. The van der Waals surface area contributed by atoms with E-state index in [2.05, 4.69) is 37.9 Å². The van der Waals surface area contributed by atoms with E-state index < -0.39 is 0 Å². The molecule has 7 heteroatoms. The minimum atomic E-state index is -0.327. The zero-order valence-corrected chi connectivity index (χ0v) is 14.3. The second-order valence-electron chi connectivity index (χ2n) is 6.07. The molecule has 25 heavy (non-hydrogen) atoms. The van der Waals surface area contributed by atoms with Gasteiger partial charge in [0.05, 0.1) is 0 Å². The van der Waals surface area contributed by atoms with E-state index in [1.165, 1.54) is 29.7 Å². The molecule has 1 fully saturated rings. The Kier molecular flexibility index (Phi) is 4.39. The zero-order chi connectivity index (χ0) is 17.1. The largest absolute Gasteiger partial charge is 0.325 e. The van der Waals surface area contributed by atoms with Gasteiger partial charge in [0, 0.05) is 23.6 Å². The van der Waals surface area contributed by atoms with Crippen molar-refractivity contribution in [2.45, 2.75) is 19.3 Å². The van der Waals surface area contributed by atoms with Crippen molar-refractivity contribution < 1.29 is 4.79 Å².